The summed E-state index contributed by atoms with van der Waals surface area (Å²) in [5.41, 5.74) is 6.66. The van der Waals surface area contributed by atoms with Gasteiger partial charge in [0.15, 0.2) is 10.8 Å². The summed E-state index contributed by atoms with van der Waals surface area (Å²) in [5, 5.41) is 18.8. The van der Waals surface area contributed by atoms with Crippen LogP contribution < -0.4 is 5.73 Å². The third kappa shape index (κ3) is 1.85. The fourth-order valence-corrected chi connectivity index (χ4v) is 2.94. The molecule has 4 N–H and O–H groups in total. The zero-order valence-electron chi connectivity index (χ0n) is 10.1. The van der Waals surface area contributed by atoms with Gasteiger partial charge in [0.05, 0.1) is 6.33 Å². The average molecular weight is 284 g/mol. The predicted molar refractivity (Wildman–Crippen MR) is 69.6 cm³/mol. The highest BCUT2D eigenvalue weighted by molar-refractivity contribution is 6.33. The molecule has 0 spiro atoms. The standard InChI is InChI=1S/C11H14ClN5O2/c12-9-8-10(16-11(13)15-9)17(4-14-8)7-1-5(2-18)6(7)3-19/h4-7,18-19H,1-3H2,(H2,13,15,16)/t5-,6+,7-/m1/s1. The molecule has 102 valence electrons. The first-order valence-corrected chi connectivity index (χ1v) is 6.40. The maximum absolute atomic E-state index is 9.41. The Morgan fingerprint density at radius 3 is 2.84 bits per heavy atom. The number of fused-ring (bicyclic) bond motifs is 1. The molecule has 0 unspecified atom stereocenters. The minimum Gasteiger partial charge on any atom is -0.396 e. The second-order valence-electron chi connectivity index (χ2n) is 4.79. The molecule has 0 radical (unpaired) electrons. The first kappa shape index (κ1) is 12.6. The highest BCUT2D eigenvalue weighted by atomic mass is 35.5. The predicted octanol–water partition coefficient (Wildman–Crippen LogP) is 0.224. The Labute approximate surface area is 114 Å². The van der Waals surface area contributed by atoms with E-state index in [1.807, 2.05) is 4.57 Å². The Morgan fingerprint density at radius 2 is 2.16 bits per heavy atom. The molecular formula is C11H14ClN5O2. The quantitative estimate of drug-likeness (QED) is 0.695. The van der Waals surface area contributed by atoms with Crippen LogP contribution in [0.4, 0.5) is 5.95 Å². The SMILES string of the molecule is Nc1nc(Cl)c2ncn([C@@H]3C[C@H](CO)[C@@H]3CO)c2n1. The second-order valence-corrected chi connectivity index (χ2v) is 5.15. The largest absolute Gasteiger partial charge is 0.396 e. The first-order valence-electron chi connectivity index (χ1n) is 6.03. The fourth-order valence-electron chi connectivity index (χ4n) is 2.72. The highest BCUT2D eigenvalue weighted by Crippen LogP contribution is 2.44. The zero-order valence-corrected chi connectivity index (χ0v) is 10.8. The number of hydrogen-bond donors (Lipinski definition) is 3. The van der Waals surface area contributed by atoms with Gasteiger partial charge >= 0.3 is 0 Å². The molecule has 3 atom stereocenters. The van der Waals surface area contributed by atoms with Crippen LogP contribution in [0.15, 0.2) is 6.33 Å². The number of imidazole rings is 1. The molecule has 0 aromatic carbocycles. The number of aliphatic hydroxyl groups excluding tert-OH is 2. The monoisotopic (exact) mass is 283 g/mol. The van der Waals surface area contributed by atoms with E-state index in [1.54, 1.807) is 6.33 Å². The number of aromatic nitrogens is 4. The molecule has 8 heteroatoms. The van der Waals surface area contributed by atoms with E-state index in [2.05, 4.69) is 15.0 Å². The molecule has 3 rings (SSSR count). The lowest BCUT2D eigenvalue weighted by molar-refractivity contribution is -0.00528. The number of nitrogens with two attached hydrogens (primary N) is 1. The Hall–Kier alpha value is -1.44. The summed E-state index contributed by atoms with van der Waals surface area (Å²) in [6.45, 7) is 0.0934. The van der Waals surface area contributed by atoms with Crippen molar-refractivity contribution in [2.24, 2.45) is 11.8 Å². The van der Waals surface area contributed by atoms with Crippen molar-refractivity contribution >= 4 is 28.7 Å². The molecule has 0 saturated heterocycles. The van der Waals surface area contributed by atoms with Crippen molar-refractivity contribution in [1.82, 2.24) is 19.5 Å². The smallest absolute Gasteiger partial charge is 0.223 e. The molecule has 2 heterocycles. The van der Waals surface area contributed by atoms with Crippen LogP contribution in [-0.2, 0) is 0 Å². The number of nitrogen functional groups attached to an aromatic ring is 1. The van der Waals surface area contributed by atoms with Gasteiger partial charge < -0.3 is 20.5 Å². The van der Waals surface area contributed by atoms with Gasteiger partial charge in [0.2, 0.25) is 5.95 Å². The van der Waals surface area contributed by atoms with Gasteiger partial charge in [-0.25, -0.2) is 4.98 Å². The topological polar surface area (TPSA) is 110 Å². The van der Waals surface area contributed by atoms with Crippen LogP contribution in [0.1, 0.15) is 12.5 Å². The summed E-state index contributed by atoms with van der Waals surface area (Å²) >= 11 is 5.97. The zero-order chi connectivity index (χ0) is 13.6. The number of halogens is 1. The van der Waals surface area contributed by atoms with Crippen LogP contribution >= 0.6 is 11.6 Å². The first-order chi connectivity index (χ1) is 9.15. The number of rotatable bonds is 3. The molecule has 1 saturated carbocycles. The number of anilines is 1. The van der Waals surface area contributed by atoms with Gasteiger partial charge in [0, 0.05) is 25.2 Å². The summed E-state index contributed by atoms with van der Waals surface area (Å²) in [5.74, 6) is 0.206. The van der Waals surface area contributed by atoms with E-state index in [1.165, 1.54) is 0 Å². The Morgan fingerprint density at radius 1 is 1.37 bits per heavy atom. The summed E-state index contributed by atoms with van der Waals surface area (Å²) in [6.07, 6.45) is 2.40. The van der Waals surface area contributed by atoms with Crippen molar-refractivity contribution in [3.8, 4) is 0 Å². The lowest BCUT2D eigenvalue weighted by Gasteiger charge is -2.43. The van der Waals surface area contributed by atoms with Crippen molar-refractivity contribution in [2.45, 2.75) is 12.5 Å². The molecule has 1 aliphatic carbocycles. The van der Waals surface area contributed by atoms with Gasteiger partial charge in [-0.2, -0.15) is 9.97 Å². The molecule has 1 aliphatic rings. The van der Waals surface area contributed by atoms with E-state index in [9.17, 15) is 10.2 Å². The van der Waals surface area contributed by atoms with Crippen LogP contribution in [0, 0.1) is 11.8 Å². The molecule has 0 aliphatic heterocycles. The molecule has 0 bridgehead atoms. The van der Waals surface area contributed by atoms with Crippen LogP contribution in [-0.4, -0.2) is 42.9 Å². The van der Waals surface area contributed by atoms with Crippen LogP contribution in [0.2, 0.25) is 5.15 Å². The van der Waals surface area contributed by atoms with Gasteiger partial charge in [0.1, 0.15) is 5.52 Å². The lowest BCUT2D eigenvalue weighted by Crippen LogP contribution is -2.42. The molecule has 2 aromatic rings. The fraction of sp³-hybridized carbons (Fsp3) is 0.545. The third-order valence-electron chi connectivity index (χ3n) is 3.84. The van der Waals surface area contributed by atoms with E-state index in [0.29, 0.717) is 11.2 Å². The van der Waals surface area contributed by atoms with E-state index in [0.717, 1.165) is 6.42 Å². The summed E-state index contributed by atoms with van der Waals surface area (Å²) < 4.78 is 1.85. The molecule has 1 fully saturated rings. The normalized spacial score (nSPS) is 26.6. The summed E-state index contributed by atoms with van der Waals surface area (Å²) in [7, 11) is 0. The van der Waals surface area contributed by atoms with Gasteiger partial charge in [-0.1, -0.05) is 11.6 Å². The minimum absolute atomic E-state index is 0.00244. The second kappa shape index (κ2) is 4.59. The number of hydrogen-bond acceptors (Lipinski definition) is 6. The lowest BCUT2D eigenvalue weighted by atomic mass is 9.70. The van der Waals surface area contributed by atoms with Crippen molar-refractivity contribution in [3.63, 3.8) is 0 Å². The van der Waals surface area contributed by atoms with Crippen molar-refractivity contribution in [2.75, 3.05) is 18.9 Å². The van der Waals surface area contributed by atoms with Gasteiger partial charge in [0.25, 0.3) is 0 Å². The number of nitrogens with zero attached hydrogens (tertiary/aromatic N) is 4. The third-order valence-corrected chi connectivity index (χ3v) is 4.11. The maximum Gasteiger partial charge on any atom is 0.223 e. The van der Waals surface area contributed by atoms with Crippen LogP contribution in [0.25, 0.3) is 11.2 Å². The summed E-state index contributed by atoms with van der Waals surface area (Å²) in [6, 6.07) is 0.0533. The average Bonchev–Trinajstić information content (AvgIpc) is 2.73. The molecule has 0 amide bonds. The Balaban J connectivity index is 2.02. The van der Waals surface area contributed by atoms with Crippen LogP contribution in [0.5, 0.6) is 0 Å². The Kier molecular flexibility index (Phi) is 3.04. The Bertz CT molecular complexity index is 616. The van der Waals surface area contributed by atoms with E-state index in [4.69, 9.17) is 17.3 Å². The molecule has 7 nitrogen and oxygen atoms in total. The van der Waals surface area contributed by atoms with Gasteiger partial charge in [-0.05, 0) is 12.3 Å². The molecule has 2 aromatic heterocycles. The summed E-state index contributed by atoms with van der Waals surface area (Å²) in [4.78, 5) is 12.2. The van der Waals surface area contributed by atoms with Crippen LogP contribution in [0.3, 0.4) is 0 Å². The minimum atomic E-state index is -0.00244. The van der Waals surface area contributed by atoms with Crippen molar-refractivity contribution in [1.29, 1.82) is 0 Å². The maximum atomic E-state index is 9.41. The van der Waals surface area contributed by atoms with E-state index in [-0.39, 0.29) is 42.2 Å². The molecular weight excluding hydrogens is 270 g/mol. The van der Waals surface area contributed by atoms with E-state index < -0.39 is 0 Å². The van der Waals surface area contributed by atoms with Gasteiger partial charge in [-0.3, -0.25) is 0 Å². The number of aliphatic hydroxyl groups is 2. The van der Waals surface area contributed by atoms with Crippen molar-refractivity contribution < 1.29 is 10.2 Å². The van der Waals surface area contributed by atoms with Crippen molar-refractivity contribution in [3.05, 3.63) is 11.5 Å². The van der Waals surface area contributed by atoms with Gasteiger partial charge in [-0.15, -0.1) is 0 Å². The molecule has 19 heavy (non-hydrogen) atoms. The van der Waals surface area contributed by atoms with E-state index >= 15 is 0 Å². The highest BCUT2D eigenvalue weighted by Gasteiger charge is 2.42.